The number of aromatic nitrogens is 2. The third-order valence-electron chi connectivity index (χ3n) is 5.10. The Morgan fingerprint density at radius 2 is 1.70 bits per heavy atom. The summed E-state index contributed by atoms with van der Waals surface area (Å²) >= 11 is 0. The summed E-state index contributed by atoms with van der Waals surface area (Å²) in [6.45, 7) is 12.9. The highest BCUT2D eigenvalue weighted by atomic mass is 16.3. The predicted octanol–water partition coefficient (Wildman–Crippen LogP) is 6.10. The molecule has 0 aliphatic rings. The molecule has 1 aromatic carbocycles. The van der Waals surface area contributed by atoms with E-state index in [4.69, 9.17) is 8.83 Å². The first-order chi connectivity index (χ1) is 12.6. The fourth-order valence-corrected chi connectivity index (χ4v) is 3.70. The summed E-state index contributed by atoms with van der Waals surface area (Å²) in [6, 6.07) is 10.4. The summed E-state index contributed by atoms with van der Waals surface area (Å²) in [5.74, 6) is 1.67. The number of hydrogen-bond donors (Lipinski definition) is 0. The molecule has 0 aliphatic carbocycles. The Hall–Kier alpha value is -2.62. The third kappa shape index (κ3) is 3.25. The number of benzene rings is 1. The molecule has 4 heteroatoms. The van der Waals surface area contributed by atoms with Gasteiger partial charge in [0.25, 0.3) is 0 Å². The standard InChI is InChI=1S/C23H26N2O2/c1-14-25-18-8-7-15(11-20(18)26-14)23(5,6)13-16-12-17-19(27-16)9-10-24-21(17)22(2,3)4/h7-12H,13H2,1-6H3. The number of pyridine rings is 1. The molecule has 0 unspecified atom stereocenters. The SMILES string of the molecule is Cc1nc2ccc(C(C)(C)Cc3cc4c(C(C)(C)C)nccc4o3)cc2o1. The van der Waals surface area contributed by atoms with Crippen LogP contribution in [-0.4, -0.2) is 9.97 Å². The molecule has 0 radical (unpaired) electrons. The average Bonchev–Trinajstić information content (AvgIpc) is 3.13. The summed E-state index contributed by atoms with van der Waals surface area (Å²) in [6.07, 6.45) is 2.63. The zero-order valence-corrected chi connectivity index (χ0v) is 16.9. The molecule has 4 rings (SSSR count). The molecule has 0 N–H and O–H groups in total. The summed E-state index contributed by atoms with van der Waals surface area (Å²) in [7, 11) is 0. The van der Waals surface area contributed by atoms with E-state index >= 15 is 0 Å². The van der Waals surface area contributed by atoms with Crippen LogP contribution in [0.3, 0.4) is 0 Å². The van der Waals surface area contributed by atoms with E-state index in [1.54, 1.807) is 0 Å². The second-order valence-corrected chi connectivity index (χ2v) is 9.01. The number of fused-ring (bicyclic) bond motifs is 2. The van der Waals surface area contributed by atoms with Gasteiger partial charge in [0.05, 0.1) is 5.69 Å². The minimum absolute atomic E-state index is 0.0225. The summed E-state index contributed by atoms with van der Waals surface area (Å²) in [5, 5.41) is 1.11. The van der Waals surface area contributed by atoms with E-state index in [2.05, 4.69) is 62.8 Å². The topological polar surface area (TPSA) is 52.1 Å². The smallest absolute Gasteiger partial charge is 0.192 e. The van der Waals surface area contributed by atoms with Gasteiger partial charge in [-0.15, -0.1) is 0 Å². The molecule has 4 nitrogen and oxygen atoms in total. The fraction of sp³-hybridized carbons (Fsp3) is 0.391. The number of hydrogen-bond acceptors (Lipinski definition) is 4. The van der Waals surface area contributed by atoms with Crippen molar-refractivity contribution in [3.63, 3.8) is 0 Å². The van der Waals surface area contributed by atoms with Crippen LogP contribution in [0, 0.1) is 6.92 Å². The Morgan fingerprint density at radius 1 is 0.926 bits per heavy atom. The van der Waals surface area contributed by atoms with Crippen LogP contribution in [-0.2, 0) is 17.3 Å². The Bertz CT molecular complexity index is 1130. The van der Waals surface area contributed by atoms with Crippen molar-refractivity contribution in [2.45, 2.75) is 58.8 Å². The normalized spacial score (nSPS) is 13.0. The molecule has 3 heterocycles. The van der Waals surface area contributed by atoms with Crippen molar-refractivity contribution in [3.05, 3.63) is 59.4 Å². The molecule has 0 saturated heterocycles. The van der Waals surface area contributed by atoms with Crippen LogP contribution in [0.4, 0.5) is 0 Å². The lowest BCUT2D eigenvalue weighted by Gasteiger charge is -2.24. The highest BCUT2D eigenvalue weighted by Crippen LogP contribution is 2.34. The zero-order valence-electron chi connectivity index (χ0n) is 16.9. The van der Waals surface area contributed by atoms with E-state index in [0.29, 0.717) is 5.89 Å². The average molecular weight is 362 g/mol. The number of furan rings is 1. The van der Waals surface area contributed by atoms with Crippen LogP contribution in [0.5, 0.6) is 0 Å². The van der Waals surface area contributed by atoms with Crippen LogP contribution in [0.25, 0.3) is 22.1 Å². The molecule has 4 aromatic rings. The molecule has 0 spiro atoms. The largest absolute Gasteiger partial charge is 0.461 e. The number of nitrogens with zero attached hydrogens (tertiary/aromatic N) is 2. The first kappa shape index (κ1) is 17.8. The molecular weight excluding hydrogens is 336 g/mol. The van der Waals surface area contributed by atoms with E-state index in [1.807, 2.05) is 25.3 Å². The van der Waals surface area contributed by atoms with Crippen LogP contribution in [0.2, 0.25) is 0 Å². The van der Waals surface area contributed by atoms with Gasteiger partial charge >= 0.3 is 0 Å². The van der Waals surface area contributed by atoms with Gasteiger partial charge in [-0.1, -0.05) is 40.7 Å². The second-order valence-electron chi connectivity index (χ2n) is 9.01. The van der Waals surface area contributed by atoms with Crippen LogP contribution >= 0.6 is 0 Å². The lowest BCUT2D eigenvalue weighted by atomic mass is 9.80. The van der Waals surface area contributed by atoms with Gasteiger partial charge in [0, 0.05) is 30.3 Å². The maximum atomic E-state index is 6.18. The lowest BCUT2D eigenvalue weighted by molar-refractivity contribution is 0.447. The van der Waals surface area contributed by atoms with Crippen molar-refractivity contribution < 1.29 is 8.83 Å². The van der Waals surface area contributed by atoms with Crippen LogP contribution < -0.4 is 0 Å². The number of oxazole rings is 1. The maximum absolute atomic E-state index is 6.18. The van der Waals surface area contributed by atoms with Crippen LogP contribution in [0.1, 0.15) is 57.5 Å². The summed E-state index contributed by atoms with van der Waals surface area (Å²) < 4.78 is 11.9. The minimum Gasteiger partial charge on any atom is -0.461 e. The maximum Gasteiger partial charge on any atom is 0.192 e. The van der Waals surface area contributed by atoms with Gasteiger partial charge in [0.2, 0.25) is 0 Å². The van der Waals surface area contributed by atoms with Gasteiger partial charge in [-0.2, -0.15) is 0 Å². The molecule has 27 heavy (non-hydrogen) atoms. The van der Waals surface area contributed by atoms with E-state index in [1.165, 1.54) is 5.56 Å². The Labute approximate surface area is 159 Å². The number of rotatable bonds is 3. The molecule has 0 bridgehead atoms. The van der Waals surface area contributed by atoms with Gasteiger partial charge in [-0.25, -0.2) is 4.98 Å². The zero-order chi connectivity index (χ0) is 19.4. The molecular formula is C23H26N2O2. The molecule has 0 atom stereocenters. The van der Waals surface area contributed by atoms with Crippen molar-refractivity contribution >= 4 is 22.1 Å². The van der Waals surface area contributed by atoms with Gasteiger partial charge in [0.1, 0.15) is 16.9 Å². The van der Waals surface area contributed by atoms with Crippen molar-refractivity contribution in [2.75, 3.05) is 0 Å². The minimum atomic E-state index is -0.0991. The molecule has 0 saturated carbocycles. The Morgan fingerprint density at radius 3 is 2.44 bits per heavy atom. The molecule has 0 aliphatic heterocycles. The van der Waals surface area contributed by atoms with E-state index in [0.717, 1.165) is 39.9 Å². The second kappa shape index (κ2) is 5.95. The van der Waals surface area contributed by atoms with E-state index in [9.17, 15) is 0 Å². The first-order valence-corrected chi connectivity index (χ1v) is 9.39. The first-order valence-electron chi connectivity index (χ1n) is 9.39. The summed E-state index contributed by atoms with van der Waals surface area (Å²) in [4.78, 5) is 8.99. The van der Waals surface area contributed by atoms with E-state index in [-0.39, 0.29) is 10.8 Å². The molecule has 3 aromatic heterocycles. The lowest BCUT2D eigenvalue weighted by Crippen LogP contribution is -2.20. The highest BCUT2D eigenvalue weighted by molar-refractivity contribution is 5.81. The van der Waals surface area contributed by atoms with Crippen molar-refractivity contribution in [1.29, 1.82) is 0 Å². The van der Waals surface area contributed by atoms with Gasteiger partial charge in [0.15, 0.2) is 11.5 Å². The Kier molecular flexibility index (Phi) is 3.91. The monoisotopic (exact) mass is 362 g/mol. The Balaban J connectivity index is 1.71. The van der Waals surface area contributed by atoms with Gasteiger partial charge < -0.3 is 8.83 Å². The van der Waals surface area contributed by atoms with Crippen LogP contribution in [0.15, 0.2) is 45.4 Å². The number of aryl methyl sites for hydroxylation is 1. The van der Waals surface area contributed by atoms with Crippen molar-refractivity contribution in [1.82, 2.24) is 9.97 Å². The predicted molar refractivity (Wildman–Crippen MR) is 108 cm³/mol. The highest BCUT2D eigenvalue weighted by Gasteiger charge is 2.26. The van der Waals surface area contributed by atoms with Crippen molar-refractivity contribution in [3.8, 4) is 0 Å². The quantitative estimate of drug-likeness (QED) is 0.442. The fourth-order valence-electron chi connectivity index (χ4n) is 3.70. The molecule has 0 amide bonds. The molecule has 0 fully saturated rings. The van der Waals surface area contributed by atoms with Gasteiger partial charge in [-0.05, 0) is 35.2 Å². The van der Waals surface area contributed by atoms with Crippen molar-refractivity contribution in [2.24, 2.45) is 0 Å². The van der Waals surface area contributed by atoms with E-state index < -0.39 is 0 Å². The third-order valence-corrected chi connectivity index (χ3v) is 5.10. The van der Waals surface area contributed by atoms with Gasteiger partial charge in [-0.3, -0.25) is 4.98 Å². The molecule has 140 valence electrons. The summed E-state index contributed by atoms with van der Waals surface area (Å²) in [5.41, 5.74) is 4.80.